The highest BCUT2D eigenvalue weighted by Crippen LogP contribution is 2.59. The molecule has 0 bridgehead atoms. The Labute approximate surface area is 83.2 Å². The van der Waals surface area contributed by atoms with Crippen LogP contribution in [-0.2, 0) is 4.79 Å². The Morgan fingerprint density at radius 1 is 1.62 bits per heavy atom. The van der Waals surface area contributed by atoms with E-state index >= 15 is 0 Å². The average molecular weight is 198 g/mol. The summed E-state index contributed by atoms with van der Waals surface area (Å²) in [6.45, 7) is 5.74. The quantitative estimate of drug-likeness (QED) is 0.639. The van der Waals surface area contributed by atoms with Gasteiger partial charge in [-0.25, -0.2) is 0 Å². The van der Waals surface area contributed by atoms with Gasteiger partial charge in [-0.2, -0.15) is 5.26 Å². The third-order valence-corrected chi connectivity index (χ3v) is 2.84. The van der Waals surface area contributed by atoms with Crippen LogP contribution in [0.5, 0.6) is 0 Å². The van der Waals surface area contributed by atoms with Crippen molar-refractivity contribution in [1.29, 1.82) is 5.26 Å². The normalized spacial score (nSPS) is 30.8. The second kappa shape index (κ2) is 3.16. The highest BCUT2D eigenvalue weighted by Gasteiger charge is 2.60. The summed E-state index contributed by atoms with van der Waals surface area (Å²) in [5.41, 5.74) is -0.0943. The minimum Gasteiger partial charge on any atom is -0.282 e. The number of Topliss-reactive ketones (excluding diaryl/α,β-unsaturated/α-hetero) is 1. The molecule has 0 unspecified atom stereocenters. The molecule has 1 fully saturated rings. The minimum absolute atomic E-state index is 0.0943. The predicted octanol–water partition coefficient (Wildman–Crippen LogP) is 2.49. The molecule has 2 atom stereocenters. The van der Waals surface area contributed by atoms with Crippen molar-refractivity contribution in [1.82, 2.24) is 0 Å². The van der Waals surface area contributed by atoms with Crippen LogP contribution in [0, 0.1) is 28.6 Å². The molecule has 1 aliphatic carbocycles. The molecular weight excluding hydrogens is 186 g/mol. The maximum Gasteiger partial charge on any atom is 0.236 e. The number of hydrogen-bond acceptors (Lipinski definition) is 2. The number of carbonyl (C=O) groups is 1. The molecule has 0 aromatic heterocycles. The van der Waals surface area contributed by atoms with Gasteiger partial charge in [-0.1, -0.05) is 31.5 Å². The van der Waals surface area contributed by atoms with Gasteiger partial charge in [0, 0.05) is 11.0 Å². The third kappa shape index (κ3) is 1.76. The van der Waals surface area contributed by atoms with Crippen LogP contribution >= 0.6 is 11.6 Å². The molecular formula is C10H12ClNO. The van der Waals surface area contributed by atoms with Crippen molar-refractivity contribution in [3.63, 3.8) is 0 Å². The number of nitrogens with zero attached hydrogens (tertiary/aromatic N) is 1. The van der Waals surface area contributed by atoms with Gasteiger partial charge in [-0.3, -0.25) is 4.79 Å². The number of allylic oxidation sites excluding steroid dienone is 2. The molecule has 0 saturated heterocycles. The molecule has 2 nitrogen and oxygen atoms in total. The zero-order chi connectivity index (χ0) is 10.2. The highest BCUT2D eigenvalue weighted by molar-refractivity contribution is 6.29. The second-order valence-electron chi connectivity index (χ2n) is 4.05. The Bertz CT molecular complexity index is 307. The van der Waals surface area contributed by atoms with Crippen molar-refractivity contribution in [2.45, 2.75) is 20.8 Å². The Kier molecular flexibility index (Phi) is 2.49. The van der Waals surface area contributed by atoms with Gasteiger partial charge in [0.2, 0.25) is 5.78 Å². The SMILES string of the molecule is C/C(Cl)=C/[C@@H]1[C@@H](C(=O)C#N)C1(C)C. The zero-order valence-electron chi connectivity index (χ0n) is 7.97. The van der Waals surface area contributed by atoms with Gasteiger partial charge in [0.15, 0.2) is 0 Å². The summed E-state index contributed by atoms with van der Waals surface area (Å²) in [5.74, 6) is -0.354. The van der Waals surface area contributed by atoms with E-state index in [1.807, 2.05) is 19.9 Å². The van der Waals surface area contributed by atoms with E-state index in [-0.39, 0.29) is 23.0 Å². The molecule has 0 amide bonds. The van der Waals surface area contributed by atoms with Gasteiger partial charge >= 0.3 is 0 Å². The molecule has 0 N–H and O–H groups in total. The van der Waals surface area contributed by atoms with Gasteiger partial charge < -0.3 is 0 Å². The Balaban J connectivity index is 2.79. The summed E-state index contributed by atoms with van der Waals surface area (Å²) in [5, 5.41) is 9.16. The number of halogens is 1. The Morgan fingerprint density at radius 3 is 2.54 bits per heavy atom. The monoisotopic (exact) mass is 197 g/mol. The predicted molar refractivity (Wildman–Crippen MR) is 51.0 cm³/mol. The lowest BCUT2D eigenvalue weighted by Gasteiger charge is -1.96. The molecule has 1 saturated carbocycles. The summed E-state index contributed by atoms with van der Waals surface area (Å²) in [6, 6.07) is 1.67. The number of hydrogen-bond donors (Lipinski definition) is 0. The fraction of sp³-hybridized carbons (Fsp3) is 0.600. The van der Waals surface area contributed by atoms with Crippen LogP contribution in [-0.4, -0.2) is 5.78 Å². The van der Waals surface area contributed by atoms with Crippen LogP contribution < -0.4 is 0 Å². The first-order valence-corrected chi connectivity index (χ1v) is 4.57. The lowest BCUT2D eigenvalue weighted by atomic mass is 10.1. The molecule has 1 aliphatic rings. The van der Waals surface area contributed by atoms with E-state index in [0.29, 0.717) is 5.03 Å². The van der Waals surface area contributed by atoms with Crippen molar-refractivity contribution in [2.75, 3.05) is 0 Å². The molecule has 1 rings (SSSR count). The highest BCUT2D eigenvalue weighted by atomic mass is 35.5. The third-order valence-electron chi connectivity index (χ3n) is 2.71. The smallest absolute Gasteiger partial charge is 0.236 e. The van der Waals surface area contributed by atoms with Crippen molar-refractivity contribution < 1.29 is 4.79 Å². The molecule has 0 spiro atoms. The number of ketones is 1. The van der Waals surface area contributed by atoms with E-state index in [2.05, 4.69) is 0 Å². The summed E-state index contributed by atoms with van der Waals surface area (Å²) in [4.78, 5) is 11.1. The van der Waals surface area contributed by atoms with Crippen molar-refractivity contribution in [3.05, 3.63) is 11.1 Å². The van der Waals surface area contributed by atoms with Crippen molar-refractivity contribution >= 4 is 17.4 Å². The average Bonchev–Trinajstić information content (AvgIpc) is 2.51. The molecule has 70 valence electrons. The van der Waals surface area contributed by atoms with Gasteiger partial charge in [-0.05, 0) is 18.3 Å². The van der Waals surface area contributed by atoms with Gasteiger partial charge in [0.25, 0.3) is 0 Å². The van der Waals surface area contributed by atoms with E-state index < -0.39 is 0 Å². The van der Waals surface area contributed by atoms with Gasteiger partial charge in [0.1, 0.15) is 6.07 Å². The Hall–Kier alpha value is -0.810. The maximum atomic E-state index is 11.1. The van der Waals surface area contributed by atoms with E-state index in [4.69, 9.17) is 16.9 Å². The van der Waals surface area contributed by atoms with Crippen LogP contribution in [0.3, 0.4) is 0 Å². The summed E-state index contributed by atoms with van der Waals surface area (Å²) in [6.07, 6.45) is 1.86. The molecule has 13 heavy (non-hydrogen) atoms. The zero-order valence-corrected chi connectivity index (χ0v) is 8.72. The van der Waals surface area contributed by atoms with Crippen LogP contribution in [0.1, 0.15) is 20.8 Å². The minimum atomic E-state index is -0.329. The molecule has 0 radical (unpaired) electrons. The van der Waals surface area contributed by atoms with Crippen LogP contribution in [0.15, 0.2) is 11.1 Å². The summed E-state index contributed by atoms with van der Waals surface area (Å²) in [7, 11) is 0. The first-order chi connectivity index (χ1) is 5.91. The fourth-order valence-corrected chi connectivity index (χ4v) is 1.94. The number of carbonyl (C=O) groups excluding carboxylic acids is 1. The van der Waals surface area contributed by atoms with Gasteiger partial charge in [-0.15, -0.1) is 0 Å². The summed E-state index contributed by atoms with van der Waals surface area (Å²) >= 11 is 5.72. The molecule has 3 heteroatoms. The first-order valence-electron chi connectivity index (χ1n) is 4.19. The maximum absolute atomic E-state index is 11.1. The van der Waals surface area contributed by atoms with Crippen molar-refractivity contribution in [3.8, 4) is 6.07 Å². The van der Waals surface area contributed by atoms with Crippen LogP contribution in [0.4, 0.5) is 0 Å². The lowest BCUT2D eigenvalue weighted by Crippen LogP contribution is -2.01. The van der Waals surface area contributed by atoms with Crippen LogP contribution in [0.2, 0.25) is 0 Å². The first kappa shape index (κ1) is 10.3. The standard InChI is InChI=1S/C10H12ClNO/c1-6(11)4-7-9(8(13)5-12)10(7,2)3/h4,7,9H,1-3H3/b6-4-/t7-,9+/m1/s1. The van der Waals surface area contributed by atoms with E-state index in [1.54, 1.807) is 13.0 Å². The van der Waals surface area contributed by atoms with E-state index in [1.165, 1.54) is 0 Å². The fourth-order valence-electron chi connectivity index (χ4n) is 1.81. The number of rotatable bonds is 2. The summed E-state index contributed by atoms with van der Waals surface area (Å²) < 4.78 is 0. The molecule has 0 aliphatic heterocycles. The van der Waals surface area contributed by atoms with E-state index in [9.17, 15) is 4.79 Å². The number of nitriles is 1. The van der Waals surface area contributed by atoms with Gasteiger partial charge in [0.05, 0.1) is 0 Å². The lowest BCUT2D eigenvalue weighted by molar-refractivity contribution is -0.115. The molecule has 0 aromatic carbocycles. The van der Waals surface area contributed by atoms with E-state index in [0.717, 1.165) is 0 Å². The second-order valence-corrected chi connectivity index (χ2v) is 4.65. The molecule has 0 heterocycles. The topological polar surface area (TPSA) is 40.9 Å². The largest absolute Gasteiger partial charge is 0.282 e. The molecule has 0 aromatic rings. The van der Waals surface area contributed by atoms with Crippen molar-refractivity contribution in [2.24, 2.45) is 17.3 Å². The van der Waals surface area contributed by atoms with Crippen LogP contribution in [0.25, 0.3) is 0 Å². The Morgan fingerprint density at radius 2 is 2.15 bits per heavy atom.